The fourth-order valence-corrected chi connectivity index (χ4v) is 14.9. The molecule has 9 aliphatic rings. The van der Waals surface area contributed by atoms with E-state index >= 15 is 0 Å². The normalized spacial score (nSPS) is 47.9. The molecule has 5 aliphatic carbocycles. The van der Waals surface area contributed by atoms with Crippen molar-refractivity contribution in [3.05, 3.63) is 0 Å². The van der Waals surface area contributed by atoms with Crippen molar-refractivity contribution < 1.29 is 33.6 Å². The second-order valence-electron chi connectivity index (χ2n) is 20.4. The standard InChI is InChI=1S/C42H68N2O7/c1-26(45)49-37(39(4,5)46)32-9-7-30-33(50-32)21-31-29-8-10-34-38(2,3)35(11-14-42(34)25-41(29,42)16-15-40(30,31)6)51-36-22-44(19-20-48-36)27-12-17-43(18-13-27)28-23-47-24-28/h27-37,46H,7-25H2,1-6H3. The van der Waals surface area contributed by atoms with Gasteiger partial charge in [-0.15, -0.1) is 0 Å². The second-order valence-corrected chi connectivity index (χ2v) is 20.4. The minimum absolute atomic E-state index is 0.113. The Morgan fingerprint density at radius 3 is 2.33 bits per heavy atom. The van der Waals surface area contributed by atoms with Crippen LogP contribution in [0.5, 0.6) is 0 Å². The van der Waals surface area contributed by atoms with E-state index in [-0.39, 0.29) is 36.0 Å². The van der Waals surface area contributed by atoms with Crippen LogP contribution in [0, 0.1) is 45.3 Å². The second kappa shape index (κ2) is 12.6. The maximum Gasteiger partial charge on any atom is 0.303 e. The number of morpholine rings is 1. The van der Waals surface area contributed by atoms with Gasteiger partial charge in [-0.1, -0.05) is 20.8 Å². The van der Waals surface area contributed by atoms with Crippen molar-refractivity contribution >= 4 is 5.97 Å². The Kier molecular flexibility index (Phi) is 8.87. The molecule has 0 radical (unpaired) electrons. The van der Waals surface area contributed by atoms with Crippen LogP contribution in [-0.4, -0.2) is 115 Å². The molecule has 9 heteroatoms. The molecule has 2 spiro atoms. The van der Waals surface area contributed by atoms with Crippen molar-refractivity contribution in [3.8, 4) is 0 Å². The number of likely N-dealkylation sites (tertiary alicyclic amines) is 1. The van der Waals surface area contributed by atoms with E-state index in [1.165, 1.54) is 71.4 Å². The molecule has 0 aromatic rings. The van der Waals surface area contributed by atoms with Gasteiger partial charge in [-0.3, -0.25) is 14.6 Å². The Balaban J connectivity index is 0.848. The number of carbonyl (C=O) groups excluding carboxylic acids is 1. The Morgan fingerprint density at radius 1 is 0.863 bits per heavy atom. The number of rotatable bonds is 7. The fraction of sp³-hybridized carbons (Fsp3) is 0.976. The zero-order valence-corrected chi connectivity index (χ0v) is 32.6. The fourth-order valence-electron chi connectivity index (χ4n) is 14.9. The summed E-state index contributed by atoms with van der Waals surface area (Å²) < 4.78 is 31.5. The zero-order chi connectivity index (χ0) is 35.6. The van der Waals surface area contributed by atoms with Crippen LogP contribution < -0.4 is 0 Å². The van der Waals surface area contributed by atoms with Crippen LogP contribution in [0.4, 0.5) is 0 Å². The van der Waals surface area contributed by atoms with Crippen molar-refractivity contribution in [3.63, 3.8) is 0 Å². The SMILES string of the molecule is CC(=O)OC(C1CCC2C(CC3C4CCC5C(C)(C)C(OC6CN(C7CCN(C8COC8)CC7)CCO6)CCC56CC46CCC23C)O1)C(C)(C)O. The van der Waals surface area contributed by atoms with E-state index in [1.54, 1.807) is 13.8 Å². The minimum Gasteiger partial charge on any atom is -0.457 e. The van der Waals surface area contributed by atoms with Gasteiger partial charge in [0.1, 0.15) is 0 Å². The summed E-state index contributed by atoms with van der Waals surface area (Å²) >= 11 is 0. The third-order valence-electron chi connectivity index (χ3n) is 17.4. The Hall–Kier alpha value is -0.810. The average molecular weight is 713 g/mol. The lowest BCUT2D eigenvalue weighted by molar-refractivity contribution is -0.248. The summed E-state index contributed by atoms with van der Waals surface area (Å²) in [7, 11) is 0. The molecule has 0 aromatic carbocycles. The highest BCUT2D eigenvalue weighted by Crippen LogP contribution is 2.87. The molecule has 4 saturated heterocycles. The summed E-state index contributed by atoms with van der Waals surface area (Å²) in [5, 5.41) is 10.9. The van der Waals surface area contributed by atoms with Gasteiger partial charge in [-0.25, -0.2) is 0 Å². The van der Waals surface area contributed by atoms with Gasteiger partial charge in [0.05, 0.1) is 49.8 Å². The van der Waals surface area contributed by atoms with Crippen molar-refractivity contribution in [2.45, 2.75) is 167 Å². The lowest BCUT2D eigenvalue weighted by Crippen LogP contribution is -2.58. The van der Waals surface area contributed by atoms with E-state index in [0.717, 1.165) is 64.5 Å². The van der Waals surface area contributed by atoms with Crippen LogP contribution in [0.25, 0.3) is 0 Å². The van der Waals surface area contributed by atoms with E-state index in [9.17, 15) is 9.90 Å². The number of piperidine rings is 1. The van der Waals surface area contributed by atoms with Crippen molar-refractivity contribution in [1.29, 1.82) is 0 Å². The summed E-state index contributed by atoms with van der Waals surface area (Å²) in [5.74, 6) is 2.40. The van der Waals surface area contributed by atoms with Crippen molar-refractivity contribution in [1.82, 2.24) is 9.80 Å². The number of carbonyl (C=O) groups is 1. The average Bonchev–Trinajstić information content (AvgIpc) is 3.64. The molecule has 4 heterocycles. The van der Waals surface area contributed by atoms with Gasteiger partial charge in [0.25, 0.3) is 0 Å². The molecular formula is C42H68N2O7. The van der Waals surface area contributed by atoms with Gasteiger partial charge < -0.3 is 28.8 Å². The summed E-state index contributed by atoms with van der Waals surface area (Å²) in [6.07, 6.45) is 14.3. The minimum atomic E-state index is -1.14. The molecule has 9 nitrogen and oxygen atoms in total. The third kappa shape index (κ3) is 5.65. The van der Waals surface area contributed by atoms with Crippen LogP contribution in [0.1, 0.15) is 119 Å². The molecule has 1 N–H and O–H groups in total. The molecule has 12 unspecified atom stereocenters. The van der Waals surface area contributed by atoms with Crippen molar-refractivity contribution in [2.24, 2.45) is 45.3 Å². The van der Waals surface area contributed by atoms with Gasteiger partial charge >= 0.3 is 5.97 Å². The zero-order valence-electron chi connectivity index (χ0n) is 32.6. The third-order valence-corrected chi connectivity index (χ3v) is 17.4. The van der Waals surface area contributed by atoms with Crippen LogP contribution in [-0.2, 0) is 28.5 Å². The Labute approximate surface area is 307 Å². The van der Waals surface area contributed by atoms with E-state index in [1.807, 2.05) is 0 Å². The molecular weight excluding hydrogens is 644 g/mol. The van der Waals surface area contributed by atoms with Crippen LogP contribution in [0.15, 0.2) is 0 Å². The molecule has 288 valence electrons. The van der Waals surface area contributed by atoms with Crippen LogP contribution in [0.3, 0.4) is 0 Å². The highest BCUT2D eigenvalue weighted by molar-refractivity contribution is 5.66. The van der Waals surface area contributed by atoms with Gasteiger partial charge in [-0.05, 0) is 136 Å². The van der Waals surface area contributed by atoms with Gasteiger partial charge in [0.2, 0.25) is 0 Å². The van der Waals surface area contributed by atoms with Crippen molar-refractivity contribution in [2.75, 3.05) is 46.0 Å². The number of ether oxygens (including phenoxy) is 5. The van der Waals surface area contributed by atoms with E-state index in [0.29, 0.717) is 46.1 Å². The largest absolute Gasteiger partial charge is 0.457 e. The Morgan fingerprint density at radius 2 is 1.63 bits per heavy atom. The first kappa shape index (κ1) is 35.9. The monoisotopic (exact) mass is 713 g/mol. The van der Waals surface area contributed by atoms with E-state index in [2.05, 4.69) is 30.6 Å². The summed E-state index contributed by atoms with van der Waals surface area (Å²) in [6, 6.07) is 1.30. The molecule has 0 aromatic heterocycles. The first-order chi connectivity index (χ1) is 24.2. The summed E-state index contributed by atoms with van der Waals surface area (Å²) in [4.78, 5) is 17.3. The van der Waals surface area contributed by atoms with Gasteiger partial charge in [0, 0.05) is 39.1 Å². The molecule has 5 saturated carbocycles. The predicted molar refractivity (Wildman–Crippen MR) is 193 cm³/mol. The maximum absolute atomic E-state index is 12.0. The highest BCUT2D eigenvalue weighted by atomic mass is 16.7. The molecule has 4 aliphatic heterocycles. The van der Waals surface area contributed by atoms with Gasteiger partial charge in [-0.2, -0.15) is 0 Å². The van der Waals surface area contributed by atoms with Gasteiger partial charge in [0.15, 0.2) is 12.4 Å². The number of fused-ring (bicyclic) bond motifs is 4. The quantitative estimate of drug-likeness (QED) is 0.329. The van der Waals surface area contributed by atoms with E-state index in [4.69, 9.17) is 23.7 Å². The lowest BCUT2D eigenvalue weighted by Gasteiger charge is -2.60. The number of hydrogen-bond acceptors (Lipinski definition) is 9. The van der Waals surface area contributed by atoms with Crippen LogP contribution in [0.2, 0.25) is 0 Å². The molecule has 12 atom stereocenters. The number of nitrogens with zero attached hydrogens (tertiary/aromatic N) is 2. The number of esters is 1. The first-order valence-electron chi connectivity index (χ1n) is 21.1. The smallest absolute Gasteiger partial charge is 0.303 e. The first-order valence-corrected chi connectivity index (χ1v) is 21.1. The topological polar surface area (TPSA) is 89.9 Å². The lowest BCUT2D eigenvalue weighted by atomic mass is 9.46. The predicted octanol–water partition coefficient (Wildman–Crippen LogP) is 5.80. The number of hydrogen-bond donors (Lipinski definition) is 1. The Bertz CT molecular complexity index is 1320. The summed E-state index contributed by atoms with van der Waals surface area (Å²) in [5.41, 5.74) is 0.274. The summed E-state index contributed by atoms with van der Waals surface area (Å²) in [6.45, 7) is 19.6. The molecule has 9 fully saturated rings. The number of aliphatic hydroxyl groups is 1. The molecule has 0 amide bonds. The molecule has 51 heavy (non-hydrogen) atoms. The maximum atomic E-state index is 12.0. The van der Waals surface area contributed by atoms with Crippen LogP contribution >= 0.6 is 0 Å². The molecule has 0 bridgehead atoms. The molecule has 9 rings (SSSR count). The highest BCUT2D eigenvalue weighted by Gasteiger charge is 2.80. The van der Waals surface area contributed by atoms with E-state index < -0.39 is 11.7 Å².